The Kier molecular flexibility index (Phi) is 3.61. The van der Waals surface area contributed by atoms with Crippen molar-refractivity contribution in [1.29, 1.82) is 0 Å². The van der Waals surface area contributed by atoms with Crippen molar-refractivity contribution in [3.05, 3.63) is 23.8 Å². The highest BCUT2D eigenvalue weighted by molar-refractivity contribution is 8.00. The van der Waals surface area contributed by atoms with Gasteiger partial charge >= 0.3 is 5.97 Å². The number of nitrogens with zero attached hydrogens (tertiary/aromatic N) is 1. The van der Waals surface area contributed by atoms with Crippen LogP contribution in [0.4, 0.5) is 0 Å². The van der Waals surface area contributed by atoms with Crippen molar-refractivity contribution >= 4 is 28.8 Å². The van der Waals surface area contributed by atoms with E-state index >= 15 is 0 Å². The van der Waals surface area contributed by atoms with Crippen molar-refractivity contribution in [2.24, 2.45) is 5.92 Å². The number of carboxylic acid groups (broad SMARTS) is 1. The summed E-state index contributed by atoms with van der Waals surface area (Å²) in [5.41, 5.74) is 2.97. The van der Waals surface area contributed by atoms with E-state index in [1.807, 2.05) is 39.0 Å². The summed E-state index contributed by atoms with van der Waals surface area (Å²) in [4.78, 5) is 18.7. The number of aliphatic carboxylic acids is 1. The van der Waals surface area contributed by atoms with Crippen LogP contribution in [0, 0.1) is 12.8 Å². The monoisotopic (exact) mass is 264 g/mol. The molecular formula is C13H16N2O2S. The van der Waals surface area contributed by atoms with Gasteiger partial charge in [0.1, 0.15) is 5.25 Å². The van der Waals surface area contributed by atoms with E-state index in [9.17, 15) is 4.79 Å². The first-order chi connectivity index (χ1) is 8.47. The normalized spacial score (nSPS) is 13.1. The lowest BCUT2D eigenvalue weighted by Gasteiger charge is -2.13. The summed E-state index contributed by atoms with van der Waals surface area (Å²) < 4.78 is 0. The quantitative estimate of drug-likeness (QED) is 0.833. The first-order valence-electron chi connectivity index (χ1n) is 5.83. The van der Waals surface area contributed by atoms with Crippen LogP contribution < -0.4 is 0 Å². The maximum absolute atomic E-state index is 11.2. The summed E-state index contributed by atoms with van der Waals surface area (Å²) in [6, 6.07) is 5.95. The summed E-state index contributed by atoms with van der Waals surface area (Å²) in [5, 5.41) is 9.35. The summed E-state index contributed by atoms with van der Waals surface area (Å²) in [7, 11) is 0. The van der Waals surface area contributed by atoms with Crippen molar-refractivity contribution in [3.8, 4) is 0 Å². The second-order valence-corrected chi connectivity index (χ2v) is 5.81. The summed E-state index contributed by atoms with van der Waals surface area (Å²) in [6.07, 6.45) is 0. The number of benzene rings is 1. The summed E-state index contributed by atoms with van der Waals surface area (Å²) in [6.45, 7) is 5.82. The zero-order valence-corrected chi connectivity index (χ0v) is 11.4. The van der Waals surface area contributed by atoms with Crippen molar-refractivity contribution < 1.29 is 9.90 Å². The number of carboxylic acids is 1. The molecule has 1 unspecified atom stereocenters. The molecule has 0 aliphatic carbocycles. The van der Waals surface area contributed by atoms with E-state index in [0.29, 0.717) is 5.16 Å². The average Bonchev–Trinajstić information content (AvgIpc) is 2.66. The molecule has 0 amide bonds. The van der Waals surface area contributed by atoms with E-state index in [0.717, 1.165) is 16.6 Å². The van der Waals surface area contributed by atoms with Crippen LogP contribution in [0.25, 0.3) is 11.0 Å². The van der Waals surface area contributed by atoms with Crippen LogP contribution in [0.2, 0.25) is 0 Å². The number of imidazole rings is 1. The van der Waals surface area contributed by atoms with Gasteiger partial charge in [0.25, 0.3) is 0 Å². The minimum absolute atomic E-state index is 0.0578. The maximum Gasteiger partial charge on any atom is 0.317 e. The zero-order chi connectivity index (χ0) is 13.3. The fourth-order valence-electron chi connectivity index (χ4n) is 1.75. The molecule has 2 aromatic rings. The van der Waals surface area contributed by atoms with Gasteiger partial charge in [-0.3, -0.25) is 4.79 Å². The standard InChI is InChI=1S/C13H16N2O2S/c1-7(2)11(12(16)17)18-13-14-9-5-4-8(3)6-10(9)15-13/h4-7,11H,1-3H3,(H,14,15)(H,16,17). The molecule has 96 valence electrons. The van der Waals surface area contributed by atoms with Gasteiger partial charge in [0, 0.05) is 0 Å². The first kappa shape index (κ1) is 13.0. The number of hydrogen-bond acceptors (Lipinski definition) is 3. The van der Waals surface area contributed by atoms with E-state index < -0.39 is 11.2 Å². The maximum atomic E-state index is 11.2. The van der Waals surface area contributed by atoms with E-state index in [4.69, 9.17) is 5.11 Å². The molecule has 5 heteroatoms. The fraction of sp³-hybridized carbons (Fsp3) is 0.385. The third-order valence-electron chi connectivity index (χ3n) is 2.70. The van der Waals surface area contributed by atoms with Gasteiger partial charge in [0.2, 0.25) is 0 Å². The third kappa shape index (κ3) is 2.67. The molecule has 0 fully saturated rings. The Bertz CT molecular complexity index is 577. The Labute approximate surface area is 110 Å². The highest BCUT2D eigenvalue weighted by Crippen LogP contribution is 2.28. The van der Waals surface area contributed by atoms with Crippen LogP contribution in [0.5, 0.6) is 0 Å². The number of fused-ring (bicyclic) bond motifs is 1. The highest BCUT2D eigenvalue weighted by atomic mass is 32.2. The molecule has 0 spiro atoms. The molecule has 2 N–H and O–H groups in total. The van der Waals surface area contributed by atoms with E-state index in [1.54, 1.807) is 0 Å². The number of aryl methyl sites for hydroxylation is 1. The summed E-state index contributed by atoms with van der Waals surface area (Å²) >= 11 is 1.27. The van der Waals surface area contributed by atoms with Gasteiger partial charge in [-0.2, -0.15) is 0 Å². The van der Waals surface area contributed by atoms with Crippen molar-refractivity contribution in [1.82, 2.24) is 9.97 Å². The Morgan fingerprint density at radius 2 is 2.17 bits per heavy atom. The van der Waals surface area contributed by atoms with Gasteiger partial charge in [0.05, 0.1) is 11.0 Å². The molecule has 1 atom stereocenters. The minimum atomic E-state index is -0.799. The molecule has 4 nitrogen and oxygen atoms in total. The highest BCUT2D eigenvalue weighted by Gasteiger charge is 2.24. The van der Waals surface area contributed by atoms with Crippen molar-refractivity contribution in [2.45, 2.75) is 31.2 Å². The van der Waals surface area contributed by atoms with Crippen molar-refractivity contribution in [2.75, 3.05) is 0 Å². The van der Waals surface area contributed by atoms with Gasteiger partial charge < -0.3 is 10.1 Å². The van der Waals surface area contributed by atoms with Crippen LogP contribution in [0.15, 0.2) is 23.4 Å². The SMILES string of the molecule is Cc1ccc2nc(SC(C(=O)O)C(C)C)[nH]c2c1. The second kappa shape index (κ2) is 5.02. The van der Waals surface area contributed by atoms with E-state index in [1.165, 1.54) is 11.8 Å². The van der Waals surface area contributed by atoms with Gasteiger partial charge in [-0.1, -0.05) is 31.7 Å². The lowest BCUT2D eigenvalue weighted by atomic mass is 10.1. The van der Waals surface area contributed by atoms with Crippen LogP contribution in [0.3, 0.4) is 0 Å². The predicted molar refractivity (Wildman–Crippen MR) is 72.9 cm³/mol. The molecule has 0 saturated carbocycles. The topological polar surface area (TPSA) is 66.0 Å². The molecule has 1 aromatic heterocycles. The number of thioether (sulfide) groups is 1. The first-order valence-corrected chi connectivity index (χ1v) is 6.71. The smallest absolute Gasteiger partial charge is 0.317 e. The number of carbonyl (C=O) groups is 1. The molecule has 0 saturated heterocycles. The second-order valence-electron chi connectivity index (χ2n) is 4.68. The Balaban J connectivity index is 2.28. The largest absolute Gasteiger partial charge is 0.480 e. The Hall–Kier alpha value is -1.49. The molecule has 0 radical (unpaired) electrons. The molecule has 0 bridgehead atoms. The van der Waals surface area contributed by atoms with E-state index in [-0.39, 0.29) is 5.92 Å². The lowest BCUT2D eigenvalue weighted by Crippen LogP contribution is -2.22. The number of H-pyrrole nitrogens is 1. The van der Waals surface area contributed by atoms with Gasteiger partial charge in [-0.15, -0.1) is 0 Å². The Morgan fingerprint density at radius 1 is 1.44 bits per heavy atom. The molecule has 18 heavy (non-hydrogen) atoms. The van der Waals surface area contributed by atoms with Crippen LogP contribution >= 0.6 is 11.8 Å². The number of nitrogens with one attached hydrogen (secondary N) is 1. The van der Waals surface area contributed by atoms with Crippen LogP contribution in [0.1, 0.15) is 19.4 Å². The van der Waals surface area contributed by atoms with E-state index in [2.05, 4.69) is 9.97 Å². The van der Waals surface area contributed by atoms with Crippen LogP contribution in [-0.4, -0.2) is 26.3 Å². The molecule has 1 heterocycles. The molecular weight excluding hydrogens is 248 g/mol. The van der Waals surface area contributed by atoms with Crippen LogP contribution in [-0.2, 0) is 4.79 Å². The number of aromatic nitrogens is 2. The molecule has 2 rings (SSSR count). The average molecular weight is 264 g/mol. The number of hydrogen-bond donors (Lipinski definition) is 2. The van der Waals surface area contributed by atoms with Gasteiger partial charge in [-0.05, 0) is 30.5 Å². The Morgan fingerprint density at radius 3 is 2.78 bits per heavy atom. The molecule has 0 aliphatic heterocycles. The predicted octanol–water partition coefficient (Wildman–Crippen LogP) is 3.07. The fourth-order valence-corrected chi connectivity index (χ4v) is 2.68. The van der Waals surface area contributed by atoms with Gasteiger partial charge in [0.15, 0.2) is 5.16 Å². The molecule has 0 aliphatic rings. The lowest BCUT2D eigenvalue weighted by molar-refractivity contribution is -0.137. The third-order valence-corrected chi connectivity index (χ3v) is 4.12. The van der Waals surface area contributed by atoms with Crippen molar-refractivity contribution in [3.63, 3.8) is 0 Å². The number of rotatable bonds is 4. The summed E-state index contributed by atoms with van der Waals surface area (Å²) in [5.74, 6) is -0.742. The zero-order valence-electron chi connectivity index (χ0n) is 10.6. The molecule has 1 aromatic carbocycles. The van der Waals surface area contributed by atoms with Gasteiger partial charge in [-0.25, -0.2) is 4.98 Å². The minimum Gasteiger partial charge on any atom is -0.480 e. The number of aromatic amines is 1.